The molecular weight excluding hydrogens is 264 g/mol. The molecule has 0 radical (unpaired) electrons. The van der Waals surface area contributed by atoms with E-state index in [1.165, 1.54) is 29.8 Å². The number of anilines is 2. The summed E-state index contributed by atoms with van der Waals surface area (Å²) in [6, 6.07) is 7.29. The van der Waals surface area contributed by atoms with Gasteiger partial charge in [0.25, 0.3) is 0 Å². The second-order valence-corrected chi connectivity index (χ2v) is 6.00. The largest absolute Gasteiger partial charge is 0.424 e. The predicted octanol–water partition coefficient (Wildman–Crippen LogP) is 2.68. The first kappa shape index (κ1) is 12.7. The molecule has 1 fully saturated rings. The molecule has 0 N–H and O–H groups in total. The average Bonchev–Trinajstić information content (AvgIpc) is 3.23. The normalized spacial score (nSPS) is 18.0. The molecule has 0 spiro atoms. The molecule has 2 aromatic rings. The van der Waals surface area contributed by atoms with E-state index >= 15 is 0 Å². The first-order valence-corrected chi connectivity index (χ1v) is 7.62. The summed E-state index contributed by atoms with van der Waals surface area (Å²) in [5.74, 6) is 1.32. The van der Waals surface area contributed by atoms with Crippen LogP contribution in [0, 0.1) is 13.8 Å². The number of para-hydroxylation sites is 1. The molecular formula is C16H20N4O. The molecule has 5 heteroatoms. The highest BCUT2D eigenvalue weighted by Crippen LogP contribution is 2.42. The Kier molecular flexibility index (Phi) is 2.87. The maximum atomic E-state index is 5.54. The van der Waals surface area contributed by atoms with Crippen LogP contribution in [-0.2, 0) is 6.54 Å². The quantitative estimate of drug-likeness (QED) is 0.867. The van der Waals surface area contributed by atoms with Gasteiger partial charge >= 0.3 is 0 Å². The first-order chi connectivity index (χ1) is 10.2. The van der Waals surface area contributed by atoms with Crippen molar-refractivity contribution < 1.29 is 4.42 Å². The summed E-state index contributed by atoms with van der Waals surface area (Å²) in [5.41, 5.74) is 4.04. The lowest BCUT2D eigenvalue weighted by Crippen LogP contribution is -2.42. The second kappa shape index (κ2) is 4.76. The van der Waals surface area contributed by atoms with Crippen molar-refractivity contribution in [2.75, 3.05) is 22.9 Å². The van der Waals surface area contributed by atoms with E-state index in [9.17, 15) is 0 Å². The van der Waals surface area contributed by atoms with Crippen molar-refractivity contribution in [2.45, 2.75) is 39.3 Å². The van der Waals surface area contributed by atoms with Gasteiger partial charge in [-0.1, -0.05) is 12.1 Å². The van der Waals surface area contributed by atoms with E-state index in [0.717, 1.165) is 19.1 Å². The fraction of sp³-hybridized carbons (Fsp3) is 0.500. The number of hydrogen-bond donors (Lipinski definition) is 0. The van der Waals surface area contributed by atoms with Gasteiger partial charge in [0.05, 0.1) is 17.9 Å². The Hall–Kier alpha value is -2.04. The number of hydrogen-bond acceptors (Lipinski definition) is 5. The number of fused-ring (bicyclic) bond motifs is 1. The predicted molar refractivity (Wildman–Crippen MR) is 81.6 cm³/mol. The average molecular weight is 284 g/mol. The second-order valence-electron chi connectivity index (χ2n) is 6.00. The van der Waals surface area contributed by atoms with Crippen LogP contribution in [0.25, 0.3) is 0 Å². The fourth-order valence-electron chi connectivity index (χ4n) is 3.21. The van der Waals surface area contributed by atoms with Gasteiger partial charge in [-0.15, -0.1) is 10.2 Å². The van der Waals surface area contributed by atoms with Gasteiger partial charge in [-0.05, 0) is 31.4 Å². The van der Waals surface area contributed by atoms with E-state index in [-0.39, 0.29) is 0 Å². The number of rotatable bonds is 3. The molecule has 2 aliphatic rings. The minimum Gasteiger partial charge on any atom is -0.424 e. The zero-order valence-corrected chi connectivity index (χ0v) is 12.5. The number of benzene rings is 1. The maximum absolute atomic E-state index is 5.54. The summed E-state index contributed by atoms with van der Waals surface area (Å²) >= 11 is 0. The van der Waals surface area contributed by atoms with Crippen LogP contribution in [0.4, 0.5) is 11.4 Å². The van der Waals surface area contributed by atoms with Crippen molar-refractivity contribution in [1.29, 1.82) is 0 Å². The molecule has 0 amide bonds. The minimum absolute atomic E-state index is 0.631. The zero-order chi connectivity index (χ0) is 14.4. The first-order valence-electron chi connectivity index (χ1n) is 7.62. The molecule has 21 heavy (non-hydrogen) atoms. The molecule has 1 aromatic carbocycles. The number of nitrogens with zero attached hydrogens (tertiary/aromatic N) is 4. The Morgan fingerprint density at radius 3 is 2.76 bits per heavy atom. The smallest absolute Gasteiger partial charge is 0.235 e. The molecule has 0 bridgehead atoms. The lowest BCUT2D eigenvalue weighted by Gasteiger charge is -2.39. The van der Waals surface area contributed by atoms with Crippen LogP contribution < -0.4 is 9.80 Å². The lowest BCUT2D eigenvalue weighted by atomic mass is 10.1. The highest BCUT2D eigenvalue weighted by Gasteiger charge is 2.35. The minimum atomic E-state index is 0.631. The van der Waals surface area contributed by atoms with Crippen LogP contribution in [0.15, 0.2) is 22.6 Å². The molecule has 1 aromatic heterocycles. The Morgan fingerprint density at radius 1 is 1.19 bits per heavy atom. The van der Waals surface area contributed by atoms with Gasteiger partial charge in [-0.3, -0.25) is 0 Å². The van der Waals surface area contributed by atoms with Gasteiger partial charge in [0.1, 0.15) is 0 Å². The summed E-state index contributed by atoms with van der Waals surface area (Å²) < 4.78 is 5.54. The summed E-state index contributed by atoms with van der Waals surface area (Å²) in [4.78, 5) is 4.94. The van der Waals surface area contributed by atoms with E-state index in [2.05, 4.69) is 45.1 Å². The standard InChI is InChI=1S/C16H20N4O/c1-11-4-3-5-14-16(11)20(13-6-7-13)9-8-19(14)10-15-18-17-12(2)21-15/h3-5,13H,6-10H2,1-2H3. The zero-order valence-electron chi connectivity index (χ0n) is 12.5. The van der Waals surface area contributed by atoms with Crippen LogP contribution in [-0.4, -0.2) is 29.3 Å². The molecule has 1 saturated carbocycles. The Bertz CT molecular complexity index is 662. The molecule has 0 atom stereocenters. The summed E-state index contributed by atoms with van der Waals surface area (Å²) in [5, 5.41) is 8.05. The van der Waals surface area contributed by atoms with Crippen LogP contribution in [0.1, 0.15) is 30.2 Å². The fourth-order valence-corrected chi connectivity index (χ4v) is 3.21. The number of aromatic nitrogens is 2. The molecule has 110 valence electrons. The van der Waals surface area contributed by atoms with E-state index in [1.54, 1.807) is 0 Å². The summed E-state index contributed by atoms with van der Waals surface area (Å²) in [6.07, 6.45) is 2.66. The highest BCUT2D eigenvalue weighted by atomic mass is 16.4. The maximum Gasteiger partial charge on any atom is 0.235 e. The Morgan fingerprint density at radius 2 is 2.05 bits per heavy atom. The van der Waals surface area contributed by atoms with Gasteiger partial charge in [0, 0.05) is 26.1 Å². The van der Waals surface area contributed by atoms with Crippen molar-refractivity contribution in [1.82, 2.24) is 10.2 Å². The van der Waals surface area contributed by atoms with Gasteiger partial charge in [0.2, 0.25) is 11.8 Å². The van der Waals surface area contributed by atoms with Gasteiger partial charge in [0.15, 0.2) is 0 Å². The molecule has 2 heterocycles. The molecule has 4 rings (SSSR count). The van der Waals surface area contributed by atoms with Crippen molar-refractivity contribution >= 4 is 11.4 Å². The lowest BCUT2D eigenvalue weighted by molar-refractivity contribution is 0.460. The van der Waals surface area contributed by atoms with Crippen molar-refractivity contribution in [2.24, 2.45) is 0 Å². The monoisotopic (exact) mass is 284 g/mol. The van der Waals surface area contributed by atoms with E-state index < -0.39 is 0 Å². The molecule has 0 unspecified atom stereocenters. The van der Waals surface area contributed by atoms with E-state index in [1.807, 2.05) is 6.92 Å². The Balaban J connectivity index is 1.67. The van der Waals surface area contributed by atoms with Crippen LogP contribution >= 0.6 is 0 Å². The molecule has 1 aliphatic heterocycles. The molecule has 1 aliphatic carbocycles. The van der Waals surface area contributed by atoms with Crippen molar-refractivity contribution in [3.05, 3.63) is 35.5 Å². The third kappa shape index (κ3) is 2.26. The van der Waals surface area contributed by atoms with Crippen molar-refractivity contribution in [3.63, 3.8) is 0 Å². The van der Waals surface area contributed by atoms with Gasteiger partial charge in [-0.25, -0.2) is 0 Å². The van der Waals surface area contributed by atoms with Gasteiger partial charge in [-0.2, -0.15) is 0 Å². The van der Waals surface area contributed by atoms with Crippen molar-refractivity contribution in [3.8, 4) is 0 Å². The van der Waals surface area contributed by atoms with E-state index in [4.69, 9.17) is 4.42 Å². The van der Waals surface area contributed by atoms with Crippen LogP contribution in [0.2, 0.25) is 0 Å². The van der Waals surface area contributed by atoms with Crippen LogP contribution in [0.3, 0.4) is 0 Å². The van der Waals surface area contributed by atoms with E-state index in [0.29, 0.717) is 18.3 Å². The third-order valence-electron chi connectivity index (χ3n) is 4.34. The van der Waals surface area contributed by atoms with Gasteiger partial charge < -0.3 is 14.2 Å². The third-order valence-corrected chi connectivity index (χ3v) is 4.34. The molecule has 5 nitrogen and oxygen atoms in total. The summed E-state index contributed by atoms with van der Waals surface area (Å²) in [6.45, 7) is 6.81. The summed E-state index contributed by atoms with van der Waals surface area (Å²) in [7, 11) is 0. The Labute approximate surface area is 124 Å². The van der Waals surface area contributed by atoms with Crippen LogP contribution in [0.5, 0.6) is 0 Å². The SMILES string of the molecule is Cc1nnc(CN2CCN(C3CC3)c3c(C)cccc32)o1. The molecule has 0 saturated heterocycles. The topological polar surface area (TPSA) is 45.4 Å². The number of aryl methyl sites for hydroxylation is 2. The highest BCUT2D eigenvalue weighted by molar-refractivity contribution is 5.77.